The first-order valence-corrected chi connectivity index (χ1v) is 7.70. The van der Waals surface area contributed by atoms with Gasteiger partial charge in [-0.25, -0.2) is 9.29 Å². The minimum atomic E-state index is -0.662. The lowest BCUT2D eigenvalue weighted by atomic mass is 10.0. The largest absolute Gasteiger partial charge is 0.363 e. The van der Waals surface area contributed by atoms with Crippen LogP contribution < -0.4 is 4.90 Å². The first-order chi connectivity index (χ1) is 10.5. The van der Waals surface area contributed by atoms with Gasteiger partial charge in [0.05, 0.1) is 5.69 Å². The minimum Gasteiger partial charge on any atom is -0.363 e. The number of likely N-dealkylation sites (tertiary alicyclic amines) is 1. The number of carbonyl (C=O) groups is 2. The van der Waals surface area contributed by atoms with Crippen molar-refractivity contribution in [2.24, 2.45) is 0 Å². The van der Waals surface area contributed by atoms with E-state index >= 15 is 0 Å². The molecule has 116 valence electrons. The molecule has 2 heterocycles. The molecule has 0 aromatic heterocycles. The number of imide groups is 1. The lowest BCUT2D eigenvalue weighted by Crippen LogP contribution is -2.41. The van der Waals surface area contributed by atoms with Gasteiger partial charge < -0.3 is 4.90 Å². The lowest BCUT2D eigenvalue weighted by Gasteiger charge is -2.35. The van der Waals surface area contributed by atoms with E-state index in [-0.39, 0.29) is 22.5 Å². The molecule has 0 aliphatic carbocycles. The first-order valence-electron chi connectivity index (χ1n) is 7.32. The maximum Gasteiger partial charge on any atom is 0.283 e. The van der Waals surface area contributed by atoms with Crippen molar-refractivity contribution in [3.05, 3.63) is 40.8 Å². The van der Waals surface area contributed by atoms with Gasteiger partial charge in [-0.1, -0.05) is 23.7 Å². The van der Waals surface area contributed by atoms with Crippen LogP contribution in [-0.4, -0.2) is 29.3 Å². The fourth-order valence-electron chi connectivity index (χ4n) is 3.02. The Morgan fingerprint density at radius 2 is 1.91 bits per heavy atom. The predicted molar refractivity (Wildman–Crippen MR) is 81.8 cm³/mol. The van der Waals surface area contributed by atoms with Gasteiger partial charge in [0.2, 0.25) is 0 Å². The second kappa shape index (κ2) is 5.72. The molecule has 3 rings (SSSR count). The van der Waals surface area contributed by atoms with E-state index in [2.05, 4.69) is 0 Å². The summed E-state index contributed by atoms with van der Waals surface area (Å²) in [6.07, 6.45) is 2.97. The number of hydrogen-bond acceptors (Lipinski definition) is 3. The Labute approximate surface area is 133 Å². The molecule has 2 aliphatic rings. The van der Waals surface area contributed by atoms with Crippen LogP contribution in [0, 0.1) is 5.82 Å². The SMILES string of the molecule is CC1CCCCN1C1=C(Cl)C(=O)N(c2ccccc2F)C1=O. The highest BCUT2D eigenvalue weighted by molar-refractivity contribution is 6.52. The summed E-state index contributed by atoms with van der Waals surface area (Å²) in [7, 11) is 0. The molecule has 6 heteroatoms. The molecule has 4 nitrogen and oxygen atoms in total. The van der Waals surface area contributed by atoms with Gasteiger partial charge in [-0.15, -0.1) is 0 Å². The maximum atomic E-state index is 13.9. The van der Waals surface area contributed by atoms with Gasteiger partial charge in [-0.3, -0.25) is 9.59 Å². The molecular weight excluding hydrogens is 307 g/mol. The molecule has 1 atom stereocenters. The van der Waals surface area contributed by atoms with Gasteiger partial charge in [0.15, 0.2) is 0 Å². The highest BCUT2D eigenvalue weighted by Gasteiger charge is 2.43. The van der Waals surface area contributed by atoms with Crippen molar-refractivity contribution in [3.63, 3.8) is 0 Å². The highest BCUT2D eigenvalue weighted by atomic mass is 35.5. The van der Waals surface area contributed by atoms with E-state index in [1.54, 1.807) is 6.07 Å². The fraction of sp³-hybridized carbons (Fsp3) is 0.375. The van der Waals surface area contributed by atoms with Crippen LogP contribution in [0.4, 0.5) is 10.1 Å². The summed E-state index contributed by atoms with van der Waals surface area (Å²) in [5.41, 5.74) is 0.137. The number of amides is 2. The maximum absolute atomic E-state index is 13.9. The number of piperidine rings is 1. The van der Waals surface area contributed by atoms with Crippen LogP contribution in [-0.2, 0) is 9.59 Å². The van der Waals surface area contributed by atoms with Crippen molar-refractivity contribution >= 4 is 29.1 Å². The zero-order valence-corrected chi connectivity index (χ0v) is 12.9. The summed E-state index contributed by atoms with van der Waals surface area (Å²) >= 11 is 6.12. The molecule has 0 radical (unpaired) electrons. The Balaban J connectivity index is 1.99. The Morgan fingerprint density at radius 1 is 1.18 bits per heavy atom. The number of carbonyl (C=O) groups excluding carboxylic acids is 2. The number of anilines is 1. The minimum absolute atomic E-state index is 0.0599. The monoisotopic (exact) mass is 322 g/mol. The summed E-state index contributed by atoms with van der Waals surface area (Å²) < 4.78 is 13.9. The molecule has 0 saturated carbocycles. The molecule has 1 fully saturated rings. The van der Waals surface area contributed by atoms with Crippen LogP contribution in [0.5, 0.6) is 0 Å². The first kappa shape index (κ1) is 15.0. The van der Waals surface area contributed by atoms with Crippen LogP contribution in [0.25, 0.3) is 0 Å². The quantitative estimate of drug-likeness (QED) is 0.786. The zero-order chi connectivity index (χ0) is 15.9. The Bertz CT molecular complexity index is 674. The molecule has 0 spiro atoms. The number of halogens is 2. The molecular formula is C16H16ClFN2O2. The molecule has 1 aromatic carbocycles. The van der Waals surface area contributed by atoms with E-state index in [4.69, 9.17) is 11.6 Å². The fourth-order valence-corrected chi connectivity index (χ4v) is 3.30. The number of benzene rings is 1. The van der Waals surface area contributed by atoms with E-state index in [9.17, 15) is 14.0 Å². The van der Waals surface area contributed by atoms with Crippen molar-refractivity contribution < 1.29 is 14.0 Å². The average Bonchev–Trinajstić information content (AvgIpc) is 2.72. The second-order valence-corrected chi connectivity index (χ2v) is 5.98. The summed E-state index contributed by atoms with van der Waals surface area (Å²) in [5.74, 6) is -1.83. The van der Waals surface area contributed by atoms with Crippen LogP contribution in [0.3, 0.4) is 0 Å². The molecule has 1 aromatic rings. The van der Waals surface area contributed by atoms with Crippen molar-refractivity contribution in [1.29, 1.82) is 0 Å². The van der Waals surface area contributed by atoms with E-state index in [0.717, 1.165) is 24.2 Å². The lowest BCUT2D eigenvalue weighted by molar-refractivity contribution is -0.121. The number of rotatable bonds is 2. The second-order valence-electron chi connectivity index (χ2n) is 5.60. The van der Waals surface area contributed by atoms with Gasteiger partial charge in [0.1, 0.15) is 16.5 Å². The molecule has 0 bridgehead atoms. The van der Waals surface area contributed by atoms with Crippen molar-refractivity contribution in [3.8, 4) is 0 Å². The summed E-state index contributed by atoms with van der Waals surface area (Å²) in [5, 5.41) is -0.123. The standard InChI is InChI=1S/C16H16ClFN2O2/c1-10-6-4-5-9-19(10)14-13(17)15(21)20(16(14)22)12-8-3-2-7-11(12)18/h2-3,7-8,10H,4-6,9H2,1H3. The van der Waals surface area contributed by atoms with Crippen LogP contribution >= 0.6 is 11.6 Å². The predicted octanol–water partition coefficient (Wildman–Crippen LogP) is 3.02. The van der Waals surface area contributed by atoms with E-state index < -0.39 is 17.6 Å². The topological polar surface area (TPSA) is 40.6 Å². The van der Waals surface area contributed by atoms with Crippen LogP contribution in [0.15, 0.2) is 35.0 Å². The van der Waals surface area contributed by atoms with Crippen LogP contribution in [0.2, 0.25) is 0 Å². The van der Waals surface area contributed by atoms with Crippen molar-refractivity contribution in [2.75, 3.05) is 11.4 Å². The third-order valence-corrected chi connectivity index (χ3v) is 4.53. The smallest absolute Gasteiger partial charge is 0.283 e. The van der Waals surface area contributed by atoms with Gasteiger partial charge in [0.25, 0.3) is 11.8 Å². The van der Waals surface area contributed by atoms with Gasteiger partial charge in [-0.05, 0) is 38.3 Å². The molecule has 22 heavy (non-hydrogen) atoms. The van der Waals surface area contributed by atoms with Crippen molar-refractivity contribution in [1.82, 2.24) is 4.90 Å². The number of hydrogen-bond donors (Lipinski definition) is 0. The summed E-state index contributed by atoms with van der Waals surface area (Å²) in [6, 6.07) is 5.83. The molecule has 0 N–H and O–H groups in total. The summed E-state index contributed by atoms with van der Waals surface area (Å²) in [4.78, 5) is 27.7. The molecule has 1 unspecified atom stereocenters. The Kier molecular flexibility index (Phi) is 3.91. The van der Waals surface area contributed by atoms with E-state index in [1.807, 2.05) is 11.8 Å². The van der Waals surface area contributed by atoms with Gasteiger partial charge >= 0.3 is 0 Å². The average molecular weight is 323 g/mol. The van der Waals surface area contributed by atoms with Gasteiger partial charge in [0, 0.05) is 12.6 Å². The molecule has 1 saturated heterocycles. The third-order valence-electron chi connectivity index (χ3n) is 4.19. The number of para-hydroxylation sites is 1. The third kappa shape index (κ3) is 2.29. The Morgan fingerprint density at radius 3 is 2.59 bits per heavy atom. The zero-order valence-electron chi connectivity index (χ0n) is 12.2. The molecule has 2 aliphatic heterocycles. The van der Waals surface area contributed by atoms with Crippen molar-refractivity contribution in [2.45, 2.75) is 32.2 Å². The normalized spacial score (nSPS) is 22.8. The van der Waals surface area contributed by atoms with Gasteiger partial charge in [-0.2, -0.15) is 0 Å². The number of nitrogens with zero attached hydrogens (tertiary/aromatic N) is 2. The Hall–Kier alpha value is -1.88. The molecule has 2 amide bonds. The van der Waals surface area contributed by atoms with Crippen LogP contribution in [0.1, 0.15) is 26.2 Å². The van der Waals surface area contributed by atoms with E-state index in [1.165, 1.54) is 18.2 Å². The highest BCUT2D eigenvalue weighted by Crippen LogP contribution is 2.34. The summed E-state index contributed by atoms with van der Waals surface area (Å²) in [6.45, 7) is 2.68. The van der Waals surface area contributed by atoms with E-state index in [0.29, 0.717) is 6.54 Å².